The number of carbonyl (C=O) groups excluding carboxylic acids is 1. The minimum atomic E-state index is -4.39. The number of benzene rings is 2. The van der Waals surface area contributed by atoms with Gasteiger partial charge in [0.05, 0.1) is 12.0 Å². The minimum absolute atomic E-state index is 0.0725. The third kappa shape index (κ3) is 5.85. The summed E-state index contributed by atoms with van der Waals surface area (Å²) in [5.41, 5.74) is 2.35. The Labute approximate surface area is 200 Å². The summed E-state index contributed by atoms with van der Waals surface area (Å²) in [7, 11) is 0. The van der Waals surface area contributed by atoms with Crippen molar-refractivity contribution in [3.05, 3.63) is 83.2 Å². The first kappa shape index (κ1) is 24.4. The number of amides is 1. The lowest BCUT2D eigenvalue weighted by Gasteiger charge is -2.20. The molecule has 9 heteroatoms. The van der Waals surface area contributed by atoms with Crippen molar-refractivity contribution in [2.24, 2.45) is 0 Å². The minimum Gasteiger partial charge on any atom is -0.481 e. The van der Waals surface area contributed by atoms with Gasteiger partial charge in [0, 0.05) is 30.1 Å². The molecule has 3 aromatic rings. The fourth-order valence-corrected chi connectivity index (χ4v) is 4.51. The molecule has 0 aliphatic heterocycles. The SMILES string of the molecule is O=C(O)CCNC(=O)c1ccc([C@@H]2CCC[C@H]2c2cnc(-c3ccc(C(F)(F)F)cc3)nc2)cc1. The number of hydrogen-bond donors (Lipinski definition) is 2. The first-order valence-corrected chi connectivity index (χ1v) is 11.3. The zero-order valence-corrected chi connectivity index (χ0v) is 18.8. The van der Waals surface area contributed by atoms with E-state index in [2.05, 4.69) is 15.3 Å². The average Bonchev–Trinajstić information content (AvgIpc) is 3.33. The molecule has 1 amide bonds. The Balaban J connectivity index is 1.44. The summed E-state index contributed by atoms with van der Waals surface area (Å²) in [6, 6.07) is 12.1. The first-order valence-electron chi connectivity index (χ1n) is 11.3. The van der Waals surface area contributed by atoms with Crippen molar-refractivity contribution >= 4 is 11.9 Å². The molecule has 182 valence electrons. The van der Waals surface area contributed by atoms with Crippen LogP contribution in [0.25, 0.3) is 11.4 Å². The van der Waals surface area contributed by atoms with E-state index in [1.54, 1.807) is 24.5 Å². The fourth-order valence-electron chi connectivity index (χ4n) is 4.51. The van der Waals surface area contributed by atoms with Crippen LogP contribution in [0.2, 0.25) is 0 Å². The summed E-state index contributed by atoms with van der Waals surface area (Å²) in [4.78, 5) is 31.6. The molecule has 2 atom stereocenters. The Hall–Kier alpha value is -3.75. The van der Waals surface area contributed by atoms with Gasteiger partial charge in [-0.3, -0.25) is 9.59 Å². The zero-order valence-electron chi connectivity index (χ0n) is 18.8. The Kier molecular flexibility index (Phi) is 7.14. The van der Waals surface area contributed by atoms with Gasteiger partial charge < -0.3 is 10.4 Å². The predicted octanol–water partition coefficient (Wildman–Crippen LogP) is 5.42. The molecule has 0 saturated heterocycles. The largest absolute Gasteiger partial charge is 0.481 e. The van der Waals surface area contributed by atoms with Crippen LogP contribution in [0.1, 0.15) is 64.6 Å². The molecule has 1 fully saturated rings. The number of carboxylic acids is 1. The number of carboxylic acid groups (broad SMARTS) is 1. The Morgan fingerprint density at radius 1 is 0.914 bits per heavy atom. The molecule has 0 unspecified atom stereocenters. The molecule has 1 heterocycles. The molecule has 2 N–H and O–H groups in total. The third-order valence-electron chi connectivity index (χ3n) is 6.31. The van der Waals surface area contributed by atoms with E-state index in [0.717, 1.165) is 42.5 Å². The van der Waals surface area contributed by atoms with Gasteiger partial charge in [-0.25, -0.2) is 9.97 Å². The summed E-state index contributed by atoms with van der Waals surface area (Å²) in [5.74, 6) is -0.473. The molecule has 1 saturated carbocycles. The molecule has 0 spiro atoms. The molecule has 35 heavy (non-hydrogen) atoms. The number of nitrogens with one attached hydrogen (secondary N) is 1. The Morgan fingerprint density at radius 3 is 2.09 bits per heavy atom. The number of alkyl halides is 3. The van der Waals surface area contributed by atoms with E-state index >= 15 is 0 Å². The quantitative estimate of drug-likeness (QED) is 0.468. The Morgan fingerprint density at radius 2 is 1.51 bits per heavy atom. The molecule has 0 bridgehead atoms. The molecular formula is C26H24F3N3O3. The van der Waals surface area contributed by atoms with Crippen LogP contribution in [0.5, 0.6) is 0 Å². The van der Waals surface area contributed by atoms with Crippen LogP contribution in [0, 0.1) is 0 Å². The van der Waals surface area contributed by atoms with Gasteiger partial charge in [-0.1, -0.05) is 30.7 Å². The zero-order chi connectivity index (χ0) is 25.0. The van der Waals surface area contributed by atoms with E-state index in [1.165, 1.54) is 12.1 Å². The van der Waals surface area contributed by atoms with Crippen LogP contribution in [-0.2, 0) is 11.0 Å². The topological polar surface area (TPSA) is 92.2 Å². The van der Waals surface area contributed by atoms with Gasteiger partial charge in [0.15, 0.2) is 5.82 Å². The highest BCUT2D eigenvalue weighted by atomic mass is 19.4. The number of rotatable bonds is 7. The molecule has 2 aromatic carbocycles. The van der Waals surface area contributed by atoms with Crippen LogP contribution in [0.3, 0.4) is 0 Å². The smallest absolute Gasteiger partial charge is 0.416 e. The van der Waals surface area contributed by atoms with Gasteiger partial charge in [0.2, 0.25) is 0 Å². The first-order chi connectivity index (χ1) is 16.7. The van der Waals surface area contributed by atoms with Gasteiger partial charge in [0.1, 0.15) is 0 Å². The van der Waals surface area contributed by atoms with E-state index in [9.17, 15) is 22.8 Å². The lowest BCUT2D eigenvalue weighted by molar-refractivity contribution is -0.138. The number of aromatic nitrogens is 2. The van der Waals surface area contributed by atoms with Gasteiger partial charge in [-0.15, -0.1) is 0 Å². The second-order valence-electron chi connectivity index (χ2n) is 8.58. The van der Waals surface area contributed by atoms with Crippen molar-refractivity contribution < 1.29 is 27.9 Å². The molecule has 4 rings (SSSR count). The summed E-state index contributed by atoms with van der Waals surface area (Å²) in [6.45, 7) is 0.0725. The van der Waals surface area contributed by atoms with Gasteiger partial charge in [-0.2, -0.15) is 13.2 Å². The Bertz CT molecular complexity index is 1180. The van der Waals surface area contributed by atoms with E-state index in [-0.39, 0.29) is 30.7 Å². The number of aliphatic carboxylic acids is 1. The lowest BCUT2D eigenvalue weighted by Crippen LogP contribution is -2.25. The highest BCUT2D eigenvalue weighted by Gasteiger charge is 2.31. The third-order valence-corrected chi connectivity index (χ3v) is 6.31. The van der Waals surface area contributed by atoms with Crippen LogP contribution >= 0.6 is 0 Å². The van der Waals surface area contributed by atoms with Crippen molar-refractivity contribution in [2.75, 3.05) is 6.54 Å². The maximum Gasteiger partial charge on any atom is 0.416 e. The standard InChI is InChI=1S/C26H24F3N3O3/c27-26(28,29)20-10-8-17(9-11-20)24-31-14-19(15-32-24)22-3-1-2-21(22)16-4-6-18(7-5-16)25(35)30-13-12-23(33)34/h4-11,14-15,21-22H,1-3,12-13H2,(H,30,35)(H,33,34)/t21-,22-/m0/s1. The highest BCUT2D eigenvalue weighted by Crippen LogP contribution is 2.45. The molecule has 1 aliphatic carbocycles. The number of carbonyl (C=O) groups is 2. The van der Waals surface area contributed by atoms with Crippen LogP contribution in [-0.4, -0.2) is 33.5 Å². The van der Waals surface area contributed by atoms with E-state index < -0.39 is 17.7 Å². The predicted molar refractivity (Wildman–Crippen MR) is 123 cm³/mol. The van der Waals surface area contributed by atoms with Gasteiger partial charge in [0.25, 0.3) is 5.91 Å². The summed E-state index contributed by atoms with van der Waals surface area (Å²) >= 11 is 0. The molecule has 6 nitrogen and oxygen atoms in total. The number of nitrogens with zero attached hydrogens (tertiary/aromatic N) is 2. The van der Waals surface area contributed by atoms with Crippen molar-refractivity contribution in [1.82, 2.24) is 15.3 Å². The molecule has 1 aliphatic rings. The van der Waals surface area contributed by atoms with Crippen LogP contribution in [0.15, 0.2) is 60.9 Å². The average molecular weight is 483 g/mol. The van der Waals surface area contributed by atoms with Gasteiger partial charge in [-0.05, 0) is 60.1 Å². The van der Waals surface area contributed by atoms with Crippen molar-refractivity contribution in [1.29, 1.82) is 0 Å². The van der Waals surface area contributed by atoms with Crippen LogP contribution < -0.4 is 5.32 Å². The maximum absolute atomic E-state index is 12.8. The van der Waals surface area contributed by atoms with Crippen LogP contribution in [0.4, 0.5) is 13.2 Å². The summed E-state index contributed by atoms with van der Waals surface area (Å²) in [6.07, 6.45) is 1.95. The van der Waals surface area contributed by atoms with Gasteiger partial charge >= 0.3 is 12.1 Å². The monoisotopic (exact) mass is 483 g/mol. The fraction of sp³-hybridized carbons (Fsp3) is 0.308. The maximum atomic E-state index is 12.8. The number of halogens is 3. The molecular weight excluding hydrogens is 459 g/mol. The van der Waals surface area contributed by atoms with Crippen molar-refractivity contribution in [2.45, 2.75) is 43.7 Å². The molecule has 0 radical (unpaired) electrons. The van der Waals surface area contributed by atoms with Crippen molar-refractivity contribution in [3.8, 4) is 11.4 Å². The van der Waals surface area contributed by atoms with Crippen molar-refractivity contribution in [3.63, 3.8) is 0 Å². The lowest BCUT2D eigenvalue weighted by atomic mass is 9.85. The van der Waals surface area contributed by atoms with E-state index in [0.29, 0.717) is 17.0 Å². The molecule has 1 aromatic heterocycles. The second-order valence-corrected chi connectivity index (χ2v) is 8.58. The summed E-state index contributed by atoms with van der Waals surface area (Å²) < 4.78 is 38.4. The highest BCUT2D eigenvalue weighted by molar-refractivity contribution is 5.94. The normalized spacial score (nSPS) is 17.8. The second kappa shape index (κ2) is 10.2. The number of hydrogen-bond acceptors (Lipinski definition) is 4. The van der Waals surface area contributed by atoms with E-state index in [4.69, 9.17) is 5.11 Å². The summed E-state index contributed by atoms with van der Waals surface area (Å²) in [5, 5.41) is 11.3. The van der Waals surface area contributed by atoms with E-state index in [1.807, 2.05) is 12.1 Å².